The first kappa shape index (κ1) is 24.6. The molecule has 5 rings (SSSR count). The quantitative estimate of drug-likeness (QED) is 0.312. The van der Waals surface area contributed by atoms with Crippen LogP contribution < -0.4 is 20.9 Å². The number of piperazine rings is 1. The van der Waals surface area contributed by atoms with Crippen LogP contribution in [-0.4, -0.2) is 68.7 Å². The molecule has 5 heterocycles. The number of carbonyl (C=O) groups excluding carboxylic acids is 1. The van der Waals surface area contributed by atoms with Gasteiger partial charge in [0.25, 0.3) is 0 Å². The predicted octanol–water partition coefficient (Wildman–Crippen LogP) is 4.08. The van der Waals surface area contributed by atoms with Gasteiger partial charge in [-0.15, -0.1) is 0 Å². The van der Waals surface area contributed by atoms with Gasteiger partial charge in [-0.05, 0) is 18.7 Å². The minimum atomic E-state index is -0.447. The molecule has 4 aromatic heterocycles. The van der Waals surface area contributed by atoms with E-state index in [2.05, 4.69) is 57.8 Å². The zero-order chi connectivity index (χ0) is 25.6. The van der Waals surface area contributed by atoms with Gasteiger partial charge in [-0.25, -0.2) is 24.7 Å². The normalized spacial score (nSPS) is 13.9. The van der Waals surface area contributed by atoms with E-state index in [1.165, 1.54) is 11.3 Å². The molecule has 0 radical (unpaired) electrons. The van der Waals surface area contributed by atoms with Crippen molar-refractivity contribution in [3.05, 3.63) is 48.7 Å². The first-order chi connectivity index (χ1) is 18.1. The first-order valence-electron chi connectivity index (χ1n) is 12.1. The molecule has 1 saturated heterocycles. The van der Waals surface area contributed by atoms with Crippen LogP contribution in [0.4, 0.5) is 33.2 Å². The van der Waals surface area contributed by atoms with E-state index in [0.717, 1.165) is 54.1 Å². The van der Waals surface area contributed by atoms with E-state index in [-0.39, 0.29) is 0 Å². The number of hydrogen-bond donors (Lipinski definition) is 3. The highest BCUT2D eigenvalue weighted by Gasteiger charge is 2.17. The topological polar surface area (TPSA) is 137 Å². The van der Waals surface area contributed by atoms with Gasteiger partial charge in [-0.1, -0.05) is 30.3 Å². The Hall–Kier alpha value is -4.10. The van der Waals surface area contributed by atoms with Crippen LogP contribution in [0.1, 0.15) is 19.6 Å². The molecule has 0 spiro atoms. The molecule has 13 heteroatoms. The molecule has 12 nitrogen and oxygen atoms in total. The maximum atomic E-state index is 12.2. The number of amides is 2. The van der Waals surface area contributed by atoms with Gasteiger partial charge in [0.1, 0.15) is 29.5 Å². The second-order valence-electron chi connectivity index (χ2n) is 8.38. The lowest BCUT2D eigenvalue weighted by atomic mass is 10.2. The largest absolute Gasteiger partial charge is 0.359 e. The first-order valence-corrected chi connectivity index (χ1v) is 12.9. The number of aryl methyl sites for hydroxylation is 1. The van der Waals surface area contributed by atoms with Gasteiger partial charge in [0.15, 0.2) is 10.9 Å². The van der Waals surface area contributed by atoms with Crippen LogP contribution in [0.5, 0.6) is 0 Å². The fourth-order valence-corrected chi connectivity index (χ4v) is 4.69. The van der Waals surface area contributed by atoms with Crippen molar-refractivity contribution >= 4 is 45.8 Å². The summed E-state index contributed by atoms with van der Waals surface area (Å²) in [5, 5.41) is 13.1. The molecule has 0 atom stereocenters. The third-order valence-corrected chi connectivity index (χ3v) is 6.94. The molecule has 3 N–H and O–H groups in total. The highest BCUT2D eigenvalue weighted by molar-refractivity contribution is 7.18. The summed E-state index contributed by atoms with van der Waals surface area (Å²) in [6.07, 6.45) is 5.75. The van der Waals surface area contributed by atoms with Crippen molar-refractivity contribution in [2.75, 3.05) is 53.6 Å². The molecular weight excluding hydrogens is 492 g/mol. The van der Waals surface area contributed by atoms with Crippen LogP contribution in [0.25, 0.3) is 10.4 Å². The maximum Gasteiger partial charge on any atom is 0.326 e. The molecule has 192 valence electrons. The third kappa shape index (κ3) is 6.19. The lowest BCUT2D eigenvalue weighted by Crippen LogP contribution is -2.46. The van der Waals surface area contributed by atoms with E-state index in [4.69, 9.17) is 4.52 Å². The summed E-state index contributed by atoms with van der Waals surface area (Å²) in [5.41, 5.74) is 0.887. The summed E-state index contributed by atoms with van der Waals surface area (Å²) < 4.78 is 5.08. The number of likely N-dealkylation sites (N-methyl/N-ethyl adjacent to an activating group) is 1. The number of carbonyl (C=O) groups is 1. The maximum absolute atomic E-state index is 12.2. The number of thiazole rings is 1. The summed E-state index contributed by atoms with van der Waals surface area (Å²) in [5.74, 6) is 3.07. The lowest BCUT2D eigenvalue weighted by Gasteiger charge is -2.34. The van der Waals surface area contributed by atoms with Gasteiger partial charge >= 0.3 is 6.03 Å². The van der Waals surface area contributed by atoms with Gasteiger partial charge in [0, 0.05) is 62.7 Å². The highest BCUT2D eigenvalue weighted by Crippen LogP contribution is 2.31. The molecule has 0 bridgehead atoms. The number of hydrogen-bond acceptors (Lipinski definition) is 11. The Morgan fingerprint density at radius 3 is 2.54 bits per heavy atom. The average molecular weight is 521 g/mol. The molecule has 37 heavy (non-hydrogen) atoms. The minimum Gasteiger partial charge on any atom is -0.359 e. The van der Waals surface area contributed by atoms with Gasteiger partial charge in [-0.3, -0.25) is 10.6 Å². The van der Waals surface area contributed by atoms with Crippen molar-refractivity contribution in [1.82, 2.24) is 30.0 Å². The molecule has 2 amide bonds. The van der Waals surface area contributed by atoms with Gasteiger partial charge in [0.2, 0.25) is 0 Å². The van der Waals surface area contributed by atoms with E-state index in [1.807, 2.05) is 19.1 Å². The van der Waals surface area contributed by atoms with E-state index in [1.54, 1.807) is 30.9 Å². The smallest absolute Gasteiger partial charge is 0.326 e. The molecule has 4 aromatic rings. The number of pyridine rings is 1. The summed E-state index contributed by atoms with van der Waals surface area (Å²) in [6.45, 7) is 9.18. The van der Waals surface area contributed by atoms with E-state index in [0.29, 0.717) is 29.6 Å². The number of urea groups is 1. The summed E-state index contributed by atoms with van der Waals surface area (Å²) in [6, 6.07) is 6.80. The van der Waals surface area contributed by atoms with Crippen LogP contribution in [0.2, 0.25) is 0 Å². The van der Waals surface area contributed by atoms with Gasteiger partial charge in [-0.2, -0.15) is 0 Å². The SMILES string of the molecule is CCc1cc(NC(=O)Nc2ccc(-c3cnc(Nc4cc(N5CCN(CC)CC5)ncn4)s3)cn2)no1. The molecule has 1 fully saturated rings. The van der Waals surface area contributed by atoms with Crippen LogP contribution in [0, 0.1) is 0 Å². The Labute approximate surface area is 218 Å². The monoisotopic (exact) mass is 520 g/mol. The van der Waals surface area contributed by atoms with Gasteiger partial charge in [0.05, 0.1) is 4.88 Å². The van der Waals surface area contributed by atoms with E-state index < -0.39 is 6.03 Å². The van der Waals surface area contributed by atoms with Crippen molar-refractivity contribution in [2.45, 2.75) is 20.3 Å². The Bertz CT molecular complexity index is 1330. The molecule has 1 aliphatic heterocycles. The number of nitrogens with zero attached hydrogens (tertiary/aromatic N) is 7. The second-order valence-corrected chi connectivity index (χ2v) is 9.41. The lowest BCUT2D eigenvalue weighted by molar-refractivity contribution is 0.262. The number of nitrogens with one attached hydrogen (secondary N) is 3. The molecule has 1 aliphatic rings. The molecule has 0 aromatic carbocycles. The fraction of sp³-hybridized carbons (Fsp3) is 0.333. The number of anilines is 5. The molecule has 0 aliphatic carbocycles. The third-order valence-electron chi connectivity index (χ3n) is 5.98. The Morgan fingerprint density at radius 2 is 1.81 bits per heavy atom. The number of aromatic nitrogens is 5. The van der Waals surface area contributed by atoms with Crippen LogP contribution in [0.15, 0.2) is 47.5 Å². The van der Waals surface area contributed by atoms with Crippen molar-refractivity contribution in [3.8, 4) is 10.4 Å². The molecular formula is C24H28N10O2S. The second kappa shape index (κ2) is 11.3. The summed E-state index contributed by atoms with van der Waals surface area (Å²) in [4.78, 5) is 35.5. The zero-order valence-electron chi connectivity index (χ0n) is 20.6. The fourth-order valence-electron chi connectivity index (χ4n) is 3.87. The Kier molecular flexibility index (Phi) is 7.51. The van der Waals surface area contributed by atoms with Crippen molar-refractivity contribution < 1.29 is 9.32 Å². The average Bonchev–Trinajstić information content (AvgIpc) is 3.59. The zero-order valence-corrected chi connectivity index (χ0v) is 21.5. The Morgan fingerprint density at radius 1 is 0.973 bits per heavy atom. The van der Waals surface area contributed by atoms with Crippen LogP contribution >= 0.6 is 11.3 Å². The molecule has 0 saturated carbocycles. The van der Waals surface area contributed by atoms with Gasteiger partial charge < -0.3 is 19.6 Å². The number of rotatable bonds is 8. The highest BCUT2D eigenvalue weighted by atomic mass is 32.1. The van der Waals surface area contributed by atoms with Crippen LogP contribution in [0.3, 0.4) is 0 Å². The van der Waals surface area contributed by atoms with Crippen molar-refractivity contribution in [2.24, 2.45) is 0 Å². The van der Waals surface area contributed by atoms with E-state index >= 15 is 0 Å². The Balaban J connectivity index is 1.17. The summed E-state index contributed by atoms with van der Waals surface area (Å²) >= 11 is 1.49. The molecule has 0 unspecified atom stereocenters. The van der Waals surface area contributed by atoms with E-state index in [9.17, 15) is 4.79 Å². The van der Waals surface area contributed by atoms with Crippen LogP contribution in [-0.2, 0) is 6.42 Å². The van der Waals surface area contributed by atoms with Crippen molar-refractivity contribution in [3.63, 3.8) is 0 Å². The van der Waals surface area contributed by atoms with Crippen molar-refractivity contribution in [1.29, 1.82) is 0 Å². The predicted molar refractivity (Wildman–Crippen MR) is 144 cm³/mol. The summed E-state index contributed by atoms with van der Waals surface area (Å²) in [7, 11) is 0. The standard InChI is InChI=1S/C24H28N10O2S/c1-3-17-11-21(32-36-17)30-23(35)29-19-6-5-16(13-25-19)18-14-26-24(37-18)31-20-12-22(28-15-27-20)34-9-7-33(4-2)8-10-34/h5-6,11-15H,3-4,7-10H2,1-2H3,(H,26,27,28,31)(H2,25,29,30,32,35). The minimum absolute atomic E-state index is 0.352.